The average molecular weight is 377 g/mol. The van der Waals surface area contributed by atoms with Crippen LogP contribution in [0.2, 0.25) is 0 Å². The van der Waals surface area contributed by atoms with Gasteiger partial charge in [0, 0.05) is 24.1 Å². The van der Waals surface area contributed by atoms with E-state index in [1.165, 1.54) is 19.3 Å². The highest BCUT2D eigenvalue weighted by molar-refractivity contribution is 5.72. The van der Waals surface area contributed by atoms with Crippen molar-refractivity contribution >= 4 is 0 Å². The summed E-state index contributed by atoms with van der Waals surface area (Å²) in [6, 6.07) is 9.02. The first kappa shape index (κ1) is 17.2. The standard InChI is InChI=1S/C22H23N3O3/c1-13-23-12-21(27-13)16-4-5-18(20(26)11-16)19-6-7-22(25-24-19)28-17-9-14-2-3-15(8-14)10-17/h4-7,11-12,14-15,17,26H,2-3,8-10H2,1H3/t14-,15+,17?. The van der Waals surface area contributed by atoms with Crippen LogP contribution in [0.4, 0.5) is 0 Å². The van der Waals surface area contributed by atoms with Gasteiger partial charge in [0.05, 0.1) is 11.9 Å². The maximum absolute atomic E-state index is 10.4. The summed E-state index contributed by atoms with van der Waals surface area (Å²) in [5.41, 5.74) is 1.99. The highest BCUT2D eigenvalue weighted by atomic mass is 16.5. The lowest BCUT2D eigenvalue weighted by Gasteiger charge is -2.27. The van der Waals surface area contributed by atoms with Crippen LogP contribution in [-0.2, 0) is 0 Å². The highest BCUT2D eigenvalue weighted by Gasteiger charge is 2.35. The SMILES string of the molecule is Cc1ncc(-c2ccc(-c3ccc(OC4C[C@H]5CC[C@@H](C4)C5)nn3)c(O)c2)o1. The number of fused-ring (bicyclic) bond motifs is 2. The molecule has 2 aliphatic carbocycles. The molecule has 3 aromatic rings. The smallest absolute Gasteiger partial charge is 0.233 e. The third-order valence-corrected chi connectivity index (χ3v) is 5.95. The first-order valence-corrected chi connectivity index (χ1v) is 9.90. The van der Waals surface area contributed by atoms with E-state index in [4.69, 9.17) is 9.15 Å². The van der Waals surface area contributed by atoms with Gasteiger partial charge >= 0.3 is 0 Å². The number of aromatic hydroxyl groups is 1. The monoisotopic (exact) mass is 377 g/mol. The Kier molecular flexibility index (Phi) is 4.26. The minimum Gasteiger partial charge on any atom is -0.507 e. The molecule has 2 aliphatic rings. The van der Waals surface area contributed by atoms with Gasteiger partial charge in [0.2, 0.25) is 5.88 Å². The lowest BCUT2D eigenvalue weighted by atomic mass is 9.87. The van der Waals surface area contributed by atoms with Gasteiger partial charge in [-0.15, -0.1) is 10.2 Å². The second-order valence-corrected chi connectivity index (χ2v) is 7.99. The van der Waals surface area contributed by atoms with Crippen molar-refractivity contribution in [1.82, 2.24) is 15.2 Å². The van der Waals surface area contributed by atoms with Crippen molar-refractivity contribution in [2.45, 2.75) is 45.1 Å². The minimum atomic E-state index is 0.123. The number of hydrogen-bond donors (Lipinski definition) is 1. The molecule has 0 saturated heterocycles. The van der Waals surface area contributed by atoms with Crippen LogP contribution in [0.1, 0.15) is 38.0 Å². The number of hydrogen-bond acceptors (Lipinski definition) is 6. The first-order valence-electron chi connectivity index (χ1n) is 9.90. The Morgan fingerprint density at radius 3 is 2.50 bits per heavy atom. The number of oxazole rings is 1. The molecule has 0 spiro atoms. The third-order valence-electron chi connectivity index (χ3n) is 5.95. The average Bonchev–Trinajstić information content (AvgIpc) is 3.27. The summed E-state index contributed by atoms with van der Waals surface area (Å²) in [6.45, 7) is 1.79. The van der Waals surface area contributed by atoms with Crippen LogP contribution in [-0.4, -0.2) is 26.4 Å². The van der Waals surface area contributed by atoms with E-state index in [0.717, 1.165) is 30.2 Å². The fourth-order valence-electron chi connectivity index (χ4n) is 4.64. The van der Waals surface area contributed by atoms with Gasteiger partial charge in [0.1, 0.15) is 11.9 Å². The number of benzene rings is 1. The van der Waals surface area contributed by atoms with E-state index >= 15 is 0 Å². The van der Waals surface area contributed by atoms with Gasteiger partial charge < -0.3 is 14.3 Å². The van der Waals surface area contributed by atoms with E-state index in [1.807, 2.05) is 24.3 Å². The summed E-state index contributed by atoms with van der Waals surface area (Å²) in [6.07, 6.45) is 8.22. The number of phenolic OH excluding ortho intramolecular Hbond substituents is 1. The van der Waals surface area contributed by atoms with Crippen molar-refractivity contribution in [3.05, 3.63) is 42.4 Å². The molecule has 2 saturated carbocycles. The molecular weight excluding hydrogens is 354 g/mol. The molecule has 1 unspecified atom stereocenters. The van der Waals surface area contributed by atoms with Crippen LogP contribution in [0.3, 0.4) is 0 Å². The number of phenols is 1. The summed E-state index contributed by atoms with van der Waals surface area (Å²) in [5.74, 6) is 3.53. The molecule has 5 rings (SSSR count). The summed E-state index contributed by atoms with van der Waals surface area (Å²) in [5, 5.41) is 18.9. The fourth-order valence-corrected chi connectivity index (χ4v) is 4.64. The van der Waals surface area contributed by atoms with Crippen molar-refractivity contribution in [2.24, 2.45) is 11.8 Å². The van der Waals surface area contributed by atoms with Crippen LogP contribution in [0.5, 0.6) is 11.6 Å². The maximum Gasteiger partial charge on any atom is 0.233 e. The second kappa shape index (κ2) is 6.93. The van der Waals surface area contributed by atoms with E-state index in [-0.39, 0.29) is 11.9 Å². The minimum absolute atomic E-state index is 0.123. The van der Waals surface area contributed by atoms with Gasteiger partial charge in [0.15, 0.2) is 11.7 Å². The Balaban J connectivity index is 1.31. The Hall–Kier alpha value is -2.89. The molecule has 0 radical (unpaired) electrons. The largest absolute Gasteiger partial charge is 0.507 e. The van der Waals surface area contributed by atoms with Crippen molar-refractivity contribution in [3.63, 3.8) is 0 Å². The molecule has 2 aromatic heterocycles. The van der Waals surface area contributed by atoms with E-state index in [2.05, 4.69) is 15.2 Å². The molecule has 0 aliphatic heterocycles. The molecule has 2 heterocycles. The van der Waals surface area contributed by atoms with Crippen molar-refractivity contribution in [3.8, 4) is 34.2 Å². The molecular formula is C22H23N3O3. The molecule has 6 heteroatoms. The summed E-state index contributed by atoms with van der Waals surface area (Å²) in [7, 11) is 0. The van der Waals surface area contributed by atoms with E-state index < -0.39 is 0 Å². The molecule has 0 amide bonds. The van der Waals surface area contributed by atoms with Crippen LogP contribution < -0.4 is 4.74 Å². The van der Waals surface area contributed by atoms with Crippen LogP contribution in [0, 0.1) is 18.8 Å². The van der Waals surface area contributed by atoms with Crippen molar-refractivity contribution in [1.29, 1.82) is 0 Å². The molecule has 1 aromatic carbocycles. The predicted octanol–water partition coefficient (Wildman–Crippen LogP) is 4.77. The topological polar surface area (TPSA) is 81.3 Å². The maximum atomic E-state index is 10.4. The van der Waals surface area contributed by atoms with E-state index in [9.17, 15) is 5.11 Å². The van der Waals surface area contributed by atoms with Gasteiger partial charge in [-0.3, -0.25) is 0 Å². The van der Waals surface area contributed by atoms with Crippen LogP contribution >= 0.6 is 0 Å². The molecule has 3 atom stereocenters. The molecule has 6 nitrogen and oxygen atoms in total. The molecule has 144 valence electrons. The summed E-state index contributed by atoms with van der Waals surface area (Å²) < 4.78 is 11.6. The van der Waals surface area contributed by atoms with Gasteiger partial charge in [-0.1, -0.05) is 18.9 Å². The molecule has 2 fully saturated rings. The molecule has 1 N–H and O–H groups in total. The van der Waals surface area contributed by atoms with Crippen LogP contribution in [0.15, 0.2) is 40.9 Å². The molecule has 2 bridgehead atoms. The number of aryl methyl sites for hydroxylation is 1. The first-order chi connectivity index (χ1) is 13.6. The fraction of sp³-hybridized carbons (Fsp3) is 0.409. The summed E-state index contributed by atoms with van der Waals surface area (Å²) >= 11 is 0. The van der Waals surface area contributed by atoms with Gasteiger partial charge in [-0.25, -0.2) is 4.98 Å². The Morgan fingerprint density at radius 2 is 1.86 bits per heavy atom. The Bertz CT molecular complexity index is 971. The zero-order valence-electron chi connectivity index (χ0n) is 15.8. The van der Waals surface area contributed by atoms with Crippen molar-refractivity contribution < 1.29 is 14.3 Å². The predicted molar refractivity (Wildman–Crippen MR) is 104 cm³/mol. The van der Waals surface area contributed by atoms with Crippen LogP contribution in [0.25, 0.3) is 22.6 Å². The number of rotatable bonds is 4. The van der Waals surface area contributed by atoms with E-state index in [1.54, 1.807) is 19.2 Å². The zero-order valence-corrected chi connectivity index (χ0v) is 15.8. The third kappa shape index (κ3) is 3.35. The number of ether oxygens (including phenoxy) is 1. The van der Waals surface area contributed by atoms with Gasteiger partial charge in [-0.2, -0.15) is 0 Å². The van der Waals surface area contributed by atoms with E-state index in [0.29, 0.717) is 28.8 Å². The lowest BCUT2D eigenvalue weighted by molar-refractivity contribution is 0.113. The Morgan fingerprint density at radius 1 is 1.04 bits per heavy atom. The highest BCUT2D eigenvalue weighted by Crippen LogP contribution is 2.43. The quantitative estimate of drug-likeness (QED) is 0.705. The number of aromatic nitrogens is 3. The Labute approximate surface area is 163 Å². The molecule has 28 heavy (non-hydrogen) atoms. The van der Waals surface area contributed by atoms with Crippen molar-refractivity contribution in [2.75, 3.05) is 0 Å². The van der Waals surface area contributed by atoms with Gasteiger partial charge in [-0.05, 0) is 49.3 Å². The zero-order chi connectivity index (χ0) is 19.1. The van der Waals surface area contributed by atoms with Gasteiger partial charge in [0.25, 0.3) is 0 Å². The number of nitrogens with zero attached hydrogens (tertiary/aromatic N) is 3. The lowest BCUT2D eigenvalue weighted by Crippen LogP contribution is -2.26. The normalized spacial score (nSPS) is 23.7. The summed E-state index contributed by atoms with van der Waals surface area (Å²) in [4.78, 5) is 4.09. The second-order valence-electron chi connectivity index (χ2n) is 7.99.